The molecular formula is C18H17FN2O2S. The number of benzene rings is 2. The smallest absolute Gasteiger partial charge is 0.282 e. The van der Waals surface area contributed by atoms with Gasteiger partial charge in [-0.3, -0.25) is 4.79 Å². The highest BCUT2D eigenvalue weighted by molar-refractivity contribution is 7.16. The third-order valence-electron chi connectivity index (χ3n) is 3.58. The van der Waals surface area contributed by atoms with Crippen molar-refractivity contribution in [2.24, 2.45) is 4.99 Å². The van der Waals surface area contributed by atoms with Crippen LogP contribution in [-0.4, -0.2) is 17.1 Å². The third-order valence-corrected chi connectivity index (χ3v) is 4.63. The lowest BCUT2D eigenvalue weighted by atomic mass is 10.2. The molecule has 3 rings (SSSR count). The lowest BCUT2D eigenvalue weighted by molar-refractivity contribution is 0.0994. The van der Waals surface area contributed by atoms with Gasteiger partial charge in [0, 0.05) is 6.54 Å². The largest absolute Gasteiger partial charge is 0.492 e. The zero-order valence-corrected chi connectivity index (χ0v) is 14.3. The first kappa shape index (κ1) is 16.4. The second-order valence-corrected chi connectivity index (χ2v) is 6.07. The molecule has 0 unspecified atom stereocenters. The number of fused-ring (bicyclic) bond motifs is 1. The predicted molar refractivity (Wildman–Crippen MR) is 93.0 cm³/mol. The highest BCUT2D eigenvalue weighted by atomic mass is 32.1. The van der Waals surface area contributed by atoms with E-state index in [1.165, 1.54) is 23.5 Å². The van der Waals surface area contributed by atoms with Crippen LogP contribution in [0.1, 0.15) is 24.2 Å². The Morgan fingerprint density at radius 1 is 1.21 bits per heavy atom. The van der Waals surface area contributed by atoms with E-state index in [2.05, 4.69) is 4.99 Å². The molecule has 1 amide bonds. The van der Waals surface area contributed by atoms with Gasteiger partial charge in [0.15, 0.2) is 4.80 Å². The van der Waals surface area contributed by atoms with E-state index in [4.69, 9.17) is 4.74 Å². The van der Waals surface area contributed by atoms with Gasteiger partial charge in [0.25, 0.3) is 5.91 Å². The molecule has 3 aromatic rings. The van der Waals surface area contributed by atoms with Crippen LogP contribution in [0.4, 0.5) is 4.39 Å². The van der Waals surface area contributed by atoms with Gasteiger partial charge < -0.3 is 9.30 Å². The first-order chi connectivity index (χ1) is 11.7. The van der Waals surface area contributed by atoms with Crippen molar-refractivity contribution >= 4 is 27.5 Å². The zero-order chi connectivity index (χ0) is 17.1. The summed E-state index contributed by atoms with van der Waals surface area (Å²) in [5, 5.41) is 0. The Hall–Kier alpha value is -2.47. The Morgan fingerprint density at radius 2 is 2.00 bits per heavy atom. The van der Waals surface area contributed by atoms with Crippen molar-refractivity contribution in [1.29, 1.82) is 0 Å². The van der Waals surface area contributed by atoms with Crippen LogP contribution in [-0.2, 0) is 6.54 Å². The highest BCUT2D eigenvalue weighted by Crippen LogP contribution is 2.27. The Balaban J connectivity index is 2.18. The number of thiazole rings is 1. The molecule has 2 aromatic carbocycles. The van der Waals surface area contributed by atoms with Crippen molar-refractivity contribution in [2.75, 3.05) is 6.61 Å². The molecule has 0 aliphatic heterocycles. The standard InChI is InChI=1S/C18H17FN2O2S/c1-3-21-16-14(23-4-2)10-7-11-15(16)24-18(21)20-17(22)12-8-5-6-9-13(12)19/h5-11H,3-4H2,1-2H3. The Kier molecular flexibility index (Phi) is 4.76. The Morgan fingerprint density at radius 3 is 2.71 bits per heavy atom. The number of rotatable bonds is 4. The van der Waals surface area contributed by atoms with Gasteiger partial charge in [0.1, 0.15) is 17.1 Å². The molecule has 124 valence electrons. The molecule has 0 aliphatic carbocycles. The maximum absolute atomic E-state index is 13.8. The van der Waals surface area contributed by atoms with Gasteiger partial charge in [-0.15, -0.1) is 0 Å². The van der Waals surface area contributed by atoms with Crippen molar-refractivity contribution in [3.63, 3.8) is 0 Å². The Bertz CT molecular complexity index is 959. The van der Waals surface area contributed by atoms with E-state index in [-0.39, 0.29) is 5.56 Å². The molecule has 0 radical (unpaired) electrons. The third kappa shape index (κ3) is 2.97. The molecule has 1 aromatic heterocycles. The number of aromatic nitrogens is 1. The minimum atomic E-state index is -0.584. The molecule has 0 saturated carbocycles. The minimum absolute atomic E-state index is 0.0253. The summed E-state index contributed by atoms with van der Waals surface area (Å²) in [6.45, 7) is 5.09. The van der Waals surface area contributed by atoms with Crippen LogP contribution >= 0.6 is 11.3 Å². The maximum Gasteiger partial charge on any atom is 0.282 e. The van der Waals surface area contributed by atoms with Crippen LogP contribution in [0.2, 0.25) is 0 Å². The van der Waals surface area contributed by atoms with Crippen molar-refractivity contribution < 1.29 is 13.9 Å². The number of halogens is 1. The van der Waals surface area contributed by atoms with E-state index in [0.717, 1.165) is 16.0 Å². The lowest BCUT2D eigenvalue weighted by Gasteiger charge is -2.07. The SMILES string of the molecule is CCOc1cccc2sc(=NC(=O)c3ccccc3F)n(CC)c12. The molecular weight excluding hydrogens is 327 g/mol. The fourth-order valence-corrected chi connectivity index (χ4v) is 3.64. The normalized spacial score (nSPS) is 11.9. The van der Waals surface area contributed by atoms with Crippen molar-refractivity contribution in [3.8, 4) is 5.75 Å². The summed E-state index contributed by atoms with van der Waals surface area (Å²) < 4.78 is 22.4. The number of nitrogens with zero attached hydrogens (tertiary/aromatic N) is 2. The van der Waals surface area contributed by atoms with Gasteiger partial charge in [0.2, 0.25) is 0 Å². The summed E-state index contributed by atoms with van der Waals surface area (Å²) in [5.41, 5.74) is 0.884. The van der Waals surface area contributed by atoms with Gasteiger partial charge >= 0.3 is 0 Å². The quantitative estimate of drug-likeness (QED) is 0.718. The molecule has 0 N–H and O–H groups in total. The van der Waals surface area contributed by atoms with Gasteiger partial charge in [0.05, 0.1) is 16.9 Å². The number of carbonyl (C=O) groups excluding carboxylic acids is 1. The molecule has 0 saturated heterocycles. The average molecular weight is 344 g/mol. The molecule has 0 atom stereocenters. The molecule has 6 heteroatoms. The predicted octanol–water partition coefficient (Wildman–Crippen LogP) is 4.00. The molecule has 24 heavy (non-hydrogen) atoms. The van der Waals surface area contributed by atoms with Gasteiger partial charge in [-0.25, -0.2) is 4.39 Å². The van der Waals surface area contributed by atoms with Crippen LogP contribution in [0, 0.1) is 5.82 Å². The number of para-hydroxylation sites is 1. The van der Waals surface area contributed by atoms with Crippen molar-refractivity contribution in [2.45, 2.75) is 20.4 Å². The molecule has 1 heterocycles. The minimum Gasteiger partial charge on any atom is -0.492 e. The number of hydrogen-bond acceptors (Lipinski definition) is 3. The topological polar surface area (TPSA) is 43.6 Å². The monoisotopic (exact) mass is 344 g/mol. The zero-order valence-electron chi connectivity index (χ0n) is 13.5. The van der Waals surface area contributed by atoms with E-state index < -0.39 is 11.7 Å². The Labute approximate surface area is 142 Å². The molecule has 4 nitrogen and oxygen atoms in total. The van der Waals surface area contributed by atoms with Crippen LogP contribution in [0.5, 0.6) is 5.75 Å². The van der Waals surface area contributed by atoms with E-state index in [9.17, 15) is 9.18 Å². The van der Waals surface area contributed by atoms with Crippen LogP contribution in [0.25, 0.3) is 10.2 Å². The molecule has 0 fully saturated rings. The number of carbonyl (C=O) groups is 1. The van der Waals surface area contributed by atoms with Crippen molar-refractivity contribution in [3.05, 3.63) is 58.6 Å². The summed E-state index contributed by atoms with van der Waals surface area (Å²) >= 11 is 1.39. The van der Waals surface area contributed by atoms with E-state index >= 15 is 0 Å². The summed E-state index contributed by atoms with van der Waals surface area (Å²) in [6.07, 6.45) is 0. The summed E-state index contributed by atoms with van der Waals surface area (Å²) in [7, 11) is 0. The molecule has 0 bridgehead atoms. The van der Waals surface area contributed by atoms with E-state index in [0.29, 0.717) is 18.0 Å². The maximum atomic E-state index is 13.8. The number of ether oxygens (including phenoxy) is 1. The summed E-state index contributed by atoms with van der Waals surface area (Å²) in [6, 6.07) is 11.6. The number of aryl methyl sites for hydroxylation is 1. The van der Waals surface area contributed by atoms with Gasteiger partial charge in [-0.05, 0) is 38.1 Å². The number of amides is 1. The van der Waals surface area contributed by atoms with E-state index in [1.54, 1.807) is 12.1 Å². The first-order valence-electron chi connectivity index (χ1n) is 7.74. The summed E-state index contributed by atoms with van der Waals surface area (Å²) in [5.74, 6) is -0.391. The average Bonchev–Trinajstić information content (AvgIpc) is 2.93. The fraction of sp³-hybridized carbons (Fsp3) is 0.222. The molecule has 0 aliphatic rings. The van der Waals surface area contributed by atoms with Crippen molar-refractivity contribution in [1.82, 2.24) is 4.57 Å². The van der Waals surface area contributed by atoms with E-state index in [1.807, 2.05) is 36.6 Å². The lowest BCUT2D eigenvalue weighted by Crippen LogP contribution is -2.16. The van der Waals surface area contributed by atoms with Crippen LogP contribution in [0.15, 0.2) is 47.5 Å². The second kappa shape index (κ2) is 6.97. The first-order valence-corrected chi connectivity index (χ1v) is 8.56. The summed E-state index contributed by atoms with van der Waals surface area (Å²) in [4.78, 5) is 17.0. The van der Waals surface area contributed by atoms with Crippen LogP contribution < -0.4 is 9.54 Å². The second-order valence-electron chi connectivity index (χ2n) is 5.06. The van der Waals surface area contributed by atoms with Crippen LogP contribution in [0.3, 0.4) is 0 Å². The molecule has 0 spiro atoms. The highest BCUT2D eigenvalue weighted by Gasteiger charge is 2.14. The van der Waals surface area contributed by atoms with Gasteiger partial charge in [-0.1, -0.05) is 29.5 Å². The number of hydrogen-bond donors (Lipinski definition) is 0. The fourth-order valence-electron chi connectivity index (χ4n) is 2.53. The van der Waals surface area contributed by atoms with Gasteiger partial charge in [-0.2, -0.15) is 4.99 Å².